The van der Waals surface area contributed by atoms with Crippen LogP contribution in [0.3, 0.4) is 0 Å². The van der Waals surface area contributed by atoms with Crippen molar-refractivity contribution in [1.82, 2.24) is 5.32 Å². The number of halogens is 1. The summed E-state index contributed by atoms with van der Waals surface area (Å²) < 4.78 is 1.26. The second-order valence-electron chi connectivity index (χ2n) is 4.85. The predicted molar refractivity (Wildman–Crippen MR) is 72.8 cm³/mol. The third-order valence-corrected chi connectivity index (χ3v) is 4.30. The highest BCUT2D eigenvalue weighted by Crippen LogP contribution is 2.31. The van der Waals surface area contributed by atoms with Crippen molar-refractivity contribution in [3.05, 3.63) is 34.3 Å². The fourth-order valence-corrected chi connectivity index (χ4v) is 3.29. The molecule has 0 aliphatic carbocycles. The summed E-state index contributed by atoms with van der Waals surface area (Å²) >= 11 is 3.65. The van der Waals surface area contributed by atoms with Crippen molar-refractivity contribution >= 4 is 15.9 Å². The van der Waals surface area contributed by atoms with E-state index in [1.807, 2.05) is 0 Å². The molecule has 0 radical (unpaired) electrons. The SMILES string of the molecule is CC(CC1CCNCC1)c1ccccc1Br. The van der Waals surface area contributed by atoms with Gasteiger partial charge in [0, 0.05) is 4.47 Å². The van der Waals surface area contributed by atoms with Crippen molar-refractivity contribution in [2.45, 2.75) is 32.1 Å². The topological polar surface area (TPSA) is 12.0 Å². The summed E-state index contributed by atoms with van der Waals surface area (Å²) in [7, 11) is 0. The monoisotopic (exact) mass is 281 g/mol. The van der Waals surface area contributed by atoms with E-state index in [1.54, 1.807) is 0 Å². The average molecular weight is 282 g/mol. The van der Waals surface area contributed by atoms with Crippen LogP contribution in [0.25, 0.3) is 0 Å². The lowest BCUT2D eigenvalue weighted by molar-refractivity contribution is 0.336. The summed E-state index contributed by atoms with van der Waals surface area (Å²) in [6.45, 7) is 4.75. The first kappa shape index (κ1) is 12.1. The minimum atomic E-state index is 0.665. The molecule has 1 aliphatic heterocycles. The Hall–Kier alpha value is -0.340. The summed E-state index contributed by atoms with van der Waals surface area (Å²) in [5.41, 5.74) is 1.46. The maximum absolute atomic E-state index is 3.65. The Kier molecular flexibility index (Phi) is 4.42. The Labute approximate surface area is 107 Å². The third kappa shape index (κ3) is 3.08. The van der Waals surface area contributed by atoms with Gasteiger partial charge < -0.3 is 5.32 Å². The molecule has 1 heterocycles. The molecule has 1 atom stereocenters. The van der Waals surface area contributed by atoms with Crippen molar-refractivity contribution in [3.63, 3.8) is 0 Å². The van der Waals surface area contributed by atoms with Crippen molar-refractivity contribution in [3.8, 4) is 0 Å². The highest BCUT2D eigenvalue weighted by molar-refractivity contribution is 9.10. The predicted octanol–water partition coefficient (Wildman–Crippen LogP) is 3.94. The van der Waals surface area contributed by atoms with Gasteiger partial charge in [0.2, 0.25) is 0 Å². The van der Waals surface area contributed by atoms with E-state index in [9.17, 15) is 0 Å². The number of piperidine rings is 1. The molecule has 1 aromatic rings. The van der Waals surface area contributed by atoms with Gasteiger partial charge in [-0.05, 0) is 55.8 Å². The zero-order chi connectivity index (χ0) is 11.4. The maximum atomic E-state index is 3.65. The zero-order valence-electron chi connectivity index (χ0n) is 9.88. The molecule has 1 saturated heterocycles. The van der Waals surface area contributed by atoms with E-state index in [0.29, 0.717) is 5.92 Å². The largest absolute Gasteiger partial charge is 0.317 e. The van der Waals surface area contributed by atoms with E-state index in [2.05, 4.69) is 52.4 Å². The van der Waals surface area contributed by atoms with Gasteiger partial charge in [0.15, 0.2) is 0 Å². The molecule has 1 N–H and O–H groups in total. The second-order valence-corrected chi connectivity index (χ2v) is 5.71. The number of benzene rings is 1. The zero-order valence-corrected chi connectivity index (χ0v) is 11.5. The maximum Gasteiger partial charge on any atom is 0.0210 e. The van der Waals surface area contributed by atoms with Gasteiger partial charge >= 0.3 is 0 Å². The summed E-state index contributed by atoms with van der Waals surface area (Å²) in [6.07, 6.45) is 4.01. The lowest BCUT2D eigenvalue weighted by Crippen LogP contribution is -2.28. The van der Waals surface area contributed by atoms with Crippen LogP contribution >= 0.6 is 15.9 Å². The average Bonchev–Trinajstić information content (AvgIpc) is 2.31. The fraction of sp³-hybridized carbons (Fsp3) is 0.571. The lowest BCUT2D eigenvalue weighted by atomic mass is 9.85. The third-order valence-electron chi connectivity index (χ3n) is 3.58. The minimum absolute atomic E-state index is 0.665. The van der Waals surface area contributed by atoms with Crippen LogP contribution in [0.1, 0.15) is 37.7 Å². The first-order chi connectivity index (χ1) is 7.77. The van der Waals surface area contributed by atoms with Crippen molar-refractivity contribution in [2.24, 2.45) is 5.92 Å². The lowest BCUT2D eigenvalue weighted by Gasteiger charge is -2.26. The van der Waals surface area contributed by atoms with E-state index in [1.165, 1.54) is 42.4 Å². The fourth-order valence-electron chi connectivity index (χ4n) is 2.62. The van der Waals surface area contributed by atoms with Crippen LogP contribution in [-0.4, -0.2) is 13.1 Å². The van der Waals surface area contributed by atoms with Crippen molar-refractivity contribution in [1.29, 1.82) is 0 Å². The summed E-state index contributed by atoms with van der Waals surface area (Å²) in [4.78, 5) is 0. The molecule has 2 rings (SSSR count). The van der Waals surface area contributed by atoms with E-state index in [-0.39, 0.29) is 0 Å². The summed E-state index contributed by atoms with van der Waals surface area (Å²) in [6, 6.07) is 8.62. The molecule has 1 nitrogen and oxygen atoms in total. The van der Waals surface area contributed by atoms with Crippen LogP contribution in [0.2, 0.25) is 0 Å². The van der Waals surface area contributed by atoms with Crippen LogP contribution in [0.4, 0.5) is 0 Å². The van der Waals surface area contributed by atoms with Gasteiger partial charge in [-0.1, -0.05) is 41.1 Å². The van der Waals surface area contributed by atoms with Gasteiger partial charge in [-0.15, -0.1) is 0 Å². The highest BCUT2D eigenvalue weighted by Gasteiger charge is 2.18. The smallest absolute Gasteiger partial charge is 0.0210 e. The van der Waals surface area contributed by atoms with Crippen LogP contribution in [0.5, 0.6) is 0 Å². The molecule has 16 heavy (non-hydrogen) atoms. The van der Waals surface area contributed by atoms with E-state index < -0.39 is 0 Å². The van der Waals surface area contributed by atoms with Gasteiger partial charge in [-0.3, -0.25) is 0 Å². The Morgan fingerprint density at radius 1 is 1.31 bits per heavy atom. The second kappa shape index (κ2) is 5.83. The Balaban J connectivity index is 1.96. The van der Waals surface area contributed by atoms with Gasteiger partial charge in [0.25, 0.3) is 0 Å². The van der Waals surface area contributed by atoms with Gasteiger partial charge in [-0.25, -0.2) is 0 Å². The molecular formula is C14H20BrN. The van der Waals surface area contributed by atoms with Crippen LogP contribution in [-0.2, 0) is 0 Å². The Bertz CT molecular complexity index is 331. The van der Waals surface area contributed by atoms with Crippen LogP contribution in [0, 0.1) is 5.92 Å². The molecule has 0 bridgehead atoms. The molecule has 1 aliphatic rings. The van der Waals surface area contributed by atoms with E-state index in [0.717, 1.165) is 5.92 Å². The van der Waals surface area contributed by atoms with Crippen molar-refractivity contribution in [2.75, 3.05) is 13.1 Å². The van der Waals surface area contributed by atoms with Gasteiger partial charge in [0.1, 0.15) is 0 Å². The van der Waals surface area contributed by atoms with Gasteiger partial charge in [0.05, 0.1) is 0 Å². The number of nitrogens with one attached hydrogen (secondary N) is 1. The Morgan fingerprint density at radius 2 is 2.00 bits per heavy atom. The molecule has 0 spiro atoms. The molecule has 1 fully saturated rings. The standard InChI is InChI=1S/C14H20BrN/c1-11(10-12-6-8-16-9-7-12)13-4-2-3-5-14(13)15/h2-5,11-12,16H,6-10H2,1H3. The molecule has 0 amide bonds. The minimum Gasteiger partial charge on any atom is -0.317 e. The normalized spacial score (nSPS) is 19.6. The van der Waals surface area contributed by atoms with E-state index >= 15 is 0 Å². The molecule has 1 unspecified atom stereocenters. The molecular weight excluding hydrogens is 262 g/mol. The number of hydrogen-bond acceptors (Lipinski definition) is 1. The highest BCUT2D eigenvalue weighted by atomic mass is 79.9. The van der Waals surface area contributed by atoms with Gasteiger partial charge in [-0.2, -0.15) is 0 Å². The molecule has 88 valence electrons. The number of hydrogen-bond donors (Lipinski definition) is 1. The first-order valence-corrected chi connectivity index (χ1v) is 7.02. The quantitative estimate of drug-likeness (QED) is 0.885. The molecule has 0 saturated carbocycles. The van der Waals surface area contributed by atoms with Crippen molar-refractivity contribution < 1.29 is 0 Å². The van der Waals surface area contributed by atoms with Crippen LogP contribution < -0.4 is 5.32 Å². The summed E-state index contributed by atoms with van der Waals surface area (Å²) in [5.74, 6) is 1.57. The Morgan fingerprint density at radius 3 is 2.69 bits per heavy atom. The molecule has 1 aromatic carbocycles. The van der Waals surface area contributed by atoms with Crippen LogP contribution in [0.15, 0.2) is 28.7 Å². The molecule has 0 aromatic heterocycles. The first-order valence-electron chi connectivity index (χ1n) is 6.22. The number of rotatable bonds is 3. The summed E-state index contributed by atoms with van der Waals surface area (Å²) in [5, 5.41) is 3.43. The van der Waals surface area contributed by atoms with E-state index in [4.69, 9.17) is 0 Å². The molecule has 2 heteroatoms.